The van der Waals surface area contributed by atoms with Crippen LogP contribution in [0.1, 0.15) is 12.0 Å². The van der Waals surface area contributed by atoms with E-state index in [1.807, 2.05) is 70.5 Å². The molecule has 0 saturated carbocycles. The summed E-state index contributed by atoms with van der Waals surface area (Å²) < 4.78 is 19.9. The van der Waals surface area contributed by atoms with E-state index < -0.39 is 0 Å². The molecule has 1 fully saturated rings. The Kier molecular flexibility index (Phi) is 7.39. The van der Waals surface area contributed by atoms with Gasteiger partial charge in [-0.05, 0) is 42.0 Å². The molecule has 6 rings (SSSR count). The summed E-state index contributed by atoms with van der Waals surface area (Å²) in [4.78, 5) is 29.1. The van der Waals surface area contributed by atoms with E-state index in [1.54, 1.807) is 18.4 Å². The maximum Gasteiger partial charge on any atom is 0.224 e. The minimum atomic E-state index is -0.232. The summed E-state index contributed by atoms with van der Waals surface area (Å²) in [7, 11) is 0. The SMILES string of the molecule is O=C(CCN(Cc1ccccc1)c1nc(-c2ccco2)nc2ccccc12)N1CCN(c2ccccc2F)CC1. The number of hydrogen-bond acceptors (Lipinski definition) is 6. The average Bonchev–Trinajstić information content (AvgIpc) is 3.55. The lowest BCUT2D eigenvalue weighted by atomic mass is 10.1. The van der Waals surface area contributed by atoms with Gasteiger partial charge in [0.1, 0.15) is 11.6 Å². The number of anilines is 2. The number of amides is 1. The first-order valence-electron chi connectivity index (χ1n) is 13.5. The van der Waals surface area contributed by atoms with Gasteiger partial charge in [0.25, 0.3) is 0 Å². The van der Waals surface area contributed by atoms with Gasteiger partial charge < -0.3 is 19.1 Å². The summed E-state index contributed by atoms with van der Waals surface area (Å²) in [5, 5.41) is 0.916. The van der Waals surface area contributed by atoms with Crippen LogP contribution in [-0.2, 0) is 11.3 Å². The smallest absolute Gasteiger partial charge is 0.224 e. The fourth-order valence-electron chi connectivity index (χ4n) is 5.17. The molecule has 0 atom stereocenters. The van der Waals surface area contributed by atoms with Crippen LogP contribution < -0.4 is 9.80 Å². The van der Waals surface area contributed by atoms with Crippen LogP contribution in [0.4, 0.5) is 15.9 Å². The summed E-state index contributed by atoms with van der Waals surface area (Å²) in [6.07, 6.45) is 1.95. The molecule has 1 aliphatic rings. The second-order valence-electron chi connectivity index (χ2n) is 9.84. The fraction of sp³-hybridized carbons (Fsp3) is 0.219. The molecule has 5 aromatic rings. The van der Waals surface area contributed by atoms with Gasteiger partial charge in [-0.1, -0.05) is 54.6 Å². The number of carbonyl (C=O) groups excluding carboxylic acids is 1. The van der Waals surface area contributed by atoms with Gasteiger partial charge in [-0.15, -0.1) is 0 Å². The zero-order valence-electron chi connectivity index (χ0n) is 22.1. The van der Waals surface area contributed by atoms with Crippen molar-refractivity contribution in [1.29, 1.82) is 0 Å². The average molecular weight is 536 g/mol. The highest BCUT2D eigenvalue weighted by Gasteiger charge is 2.24. The van der Waals surface area contributed by atoms with E-state index in [1.165, 1.54) is 6.07 Å². The molecule has 202 valence electrons. The molecule has 0 unspecified atom stereocenters. The van der Waals surface area contributed by atoms with Gasteiger partial charge in [0, 0.05) is 51.1 Å². The number of nitrogens with zero attached hydrogens (tertiary/aromatic N) is 5. The maximum absolute atomic E-state index is 14.3. The molecular weight excluding hydrogens is 505 g/mol. The van der Waals surface area contributed by atoms with Crippen molar-refractivity contribution in [2.45, 2.75) is 13.0 Å². The van der Waals surface area contributed by atoms with Crippen LogP contribution in [0.15, 0.2) is 102 Å². The molecule has 2 aromatic heterocycles. The number of piperazine rings is 1. The molecule has 1 aliphatic heterocycles. The quantitative estimate of drug-likeness (QED) is 0.251. The van der Waals surface area contributed by atoms with E-state index in [2.05, 4.69) is 17.0 Å². The van der Waals surface area contributed by atoms with Crippen molar-refractivity contribution >= 4 is 28.3 Å². The third kappa shape index (κ3) is 5.52. The predicted molar refractivity (Wildman–Crippen MR) is 155 cm³/mol. The summed E-state index contributed by atoms with van der Waals surface area (Å²) in [6, 6.07) is 28.5. The number of para-hydroxylation sites is 2. The minimum Gasteiger partial charge on any atom is -0.461 e. The van der Waals surface area contributed by atoms with Gasteiger partial charge in [0.2, 0.25) is 5.91 Å². The molecule has 3 aromatic carbocycles. The van der Waals surface area contributed by atoms with Gasteiger partial charge in [-0.3, -0.25) is 4.79 Å². The number of halogens is 1. The van der Waals surface area contributed by atoms with Crippen LogP contribution >= 0.6 is 0 Å². The Morgan fingerprint density at radius 2 is 1.60 bits per heavy atom. The first-order valence-corrected chi connectivity index (χ1v) is 13.5. The summed E-state index contributed by atoms with van der Waals surface area (Å²) >= 11 is 0. The summed E-state index contributed by atoms with van der Waals surface area (Å²) in [5.41, 5.74) is 2.52. The molecule has 7 nitrogen and oxygen atoms in total. The van der Waals surface area contributed by atoms with Gasteiger partial charge in [-0.2, -0.15) is 0 Å². The van der Waals surface area contributed by atoms with Gasteiger partial charge >= 0.3 is 0 Å². The molecule has 0 bridgehead atoms. The van der Waals surface area contributed by atoms with E-state index in [9.17, 15) is 9.18 Å². The molecule has 8 heteroatoms. The van der Waals surface area contributed by atoms with Crippen molar-refractivity contribution in [1.82, 2.24) is 14.9 Å². The number of benzene rings is 3. The second kappa shape index (κ2) is 11.6. The predicted octanol–water partition coefficient (Wildman–Crippen LogP) is 5.77. The molecule has 0 aliphatic carbocycles. The van der Waals surface area contributed by atoms with Crippen molar-refractivity contribution in [3.8, 4) is 11.6 Å². The van der Waals surface area contributed by atoms with Crippen LogP contribution in [0.5, 0.6) is 0 Å². The van der Waals surface area contributed by atoms with Crippen molar-refractivity contribution in [3.05, 3.63) is 109 Å². The van der Waals surface area contributed by atoms with Crippen molar-refractivity contribution < 1.29 is 13.6 Å². The lowest BCUT2D eigenvalue weighted by molar-refractivity contribution is -0.131. The number of hydrogen-bond donors (Lipinski definition) is 0. The summed E-state index contributed by atoms with van der Waals surface area (Å²) in [6.45, 7) is 3.40. The Balaban J connectivity index is 1.23. The van der Waals surface area contributed by atoms with E-state index in [4.69, 9.17) is 14.4 Å². The highest BCUT2D eigenvalue weighted by atomic mass is 19.1. The fourth-order valence-corrected chi connectivity index (χ4v) is 5.17. The second-order valence-corrected chi connectivity index (χ2v) is 9.84. The molecule has 40 heavy (non-hydrogen) atoms. The number of fused-ring (bicyclic) bond motifs is 1. The number of aromatic nitrogens is 2. The monoisotopic (exact) mass is 535 g/mol. The van der Waals surface area contributed by atoms with Gasteiger partial charge in [0.05, 0.1) is 17.5 Å². The molecule has 0 N–H and O–H groups in total. The first-order chi connectivity index (χ1) is 19.7. The number of carbonyl (C=O) groups is 1. The Labute approximate surface area is 232 Å². The molecule has 3 heterocycles. The van der Waals surface area contributed by atoms with Crippen LogP contribution in [-0.4, -0.2) is 53.5 Å². The van der Waals surface area contributed by atoms with Crippen LogP contribution in [0.3, 0.4) is 0 Å². The Bertz CT molecular complexity index is 1580. The van der Waals surface area contributed by atoms with Gasteiger partial charge in [-0.25, -0.2) is 14.4 Å². The van der Waals surface area contributed by atoms with Crippen molar-refractivity contribution in [2.24, 2.45) is 0 Å². The highest BCUT2D eigenvalue weighted by Crippen LogP contribution is 2.29. The normalized spacial score (nSPS) is 13.5. The van der Waals surface area contributed by atoms with Gasteiger partial charge in [0.15, 0.2) is 11.6 Å². The lowest BCUT2D eigenvalue weighted by Gasteiger charge is -2.36. The molecular formula is C32H30FN5O2. The van der Waals surface area contributed by atoms with E-state index >= 15 is 0 Å². The Morgan fingerprint density at radius 1 is 0.850 bits per heavy atom. The number of rotatable bonds is 8. The molecule has 0 spiro atoms. The van der Waals surface area contributed by atoms with Crippen LogP contribution in [0.25, 0.3) is 22.5 Å². The van der Waals surface area contributed by atoms with E-state index in [-0.39, 0.29) is 11.7 Å². The largest absolute Gasteiger partial charge is 0.461 e. The first kappa shape index (κ1) is 25.6. The number of furan rings is 1. The molecule has 1 amide bonds. The van der Waals surface area contributed by atoms with Crippen molar-refractivity contribution in [3.63, 3.8) is 0 Å². The molecule has 0 radical (unpaired) electrons. The molecule has 1 saturated heterocycles. The highest BCUT2D eigenvalue weighted by molar-refractivity contribution is 5.91. The zero-order chi connectivity index (χ0) is 27.3. The topological polar surface area (TPSA) is 65.7 Å². The minimum absolute atomic E-state index is 0.0795. The Hall–Kier alpha value is -4.72. The van der Waals surface area contributed by atoms with Crippen LogP contribution in [0, 0.1) is 5.82 Å². The zero-order valence-corrected chi connectivity index (χ0v) is 22.1. The van der Waals surface area contributed by atoms with Crippen LogP contribution in [0.2, 0.25) is 0 Å². The third-order valence-corrected chi connectivity index (χ3v) is 7.26. The maximum atomic E-state index is 14.3. The van der Waals surface area contributed by atoms with Crippen molar-refractivity contribution in [2.75, 3.05) is 42.5 Å². The lowest BCUT2D eigenvalue weighted by Crippen LogP contribution is -2.49. The van der Waals surface area contributed by atoms with E-state index in [0.29, 0.717) is 63.0 Å². The Morgan fingerprint density at radius 3 is 2.38 bits per heavy atom. The third-order valence-electron chi connectivity index (χ3n) is 7.26. The van der Waals surface area contributed by atoms with E-state index in [0.717, 1.165) is 22.3 Å². The standard InChI is InChI=1S/C32H30FN5O2/c33-26-12-5-7-14-28(26)36-18-20-37(21-19-36)30(39)16-17-38(23-24-9-2-1-3-10-24)32-25-11-4-6-13-27(25)34-31(35-32)29-15-8-22-40-29/h1-15,22H,16-21,23H2. The summed E-state index contributed by atoms with van der Waals surface area (Å²) in [5.74, 6) is 1.71.